The van der Waals surface area contributed by atoms with Crippen molar-refractivity contribution in [3.63, 3.8) is 0 Å². The smallest absolute Gasteiger partial charge is 0.0208 e. The van der Waals surface area contributed by atoms with Gasteiger partial charge >= 0.3 is 0 Å². The Bertz CT molecular complexity index is 350. The Balaban J connectivity index is 1.83. The molecule has 1 aromatic carbocycles. The topological polar surface area (TPSA) is 12.0 Å². The summed E-state index contributed by atoms with van der Waals surface area (Å²) in [6, 6.07) is 8.64. The maximum Gasteiger partial charge on any atom is 0.0208 e. The number of hydrogen-bond acceptors (Lipinski definition) is 1. The lowest BCUT2D eigenvalue weighted by Crippen LogP contribution is -2.27. The van der Waals surface area contributed by atoms with Crippen LogP contribution in [0.3, 0.4) is 0 Å². The lowest BCUT2D eigenvalue weighted by Gasteiger charge is -2.20. The van der Waals surface area contributed by atoms with Crippen LogP contribution in [0.2, 0.25) is 0 Å². The second-order valence-electron chi connectivity index (χ2n) is 5.55. The maximum absolute atomic E-state index is 3.63. The van der Waals surface area contributed by atoms with E-state index in [1.807, 2.05) is 0 Å². The number of benzene rings is 1. The maximum atomic E-state index is 3.63. The molecule has 1 nitrogen and oxygen atoms in total. The average Bonchev–Trinajstić information content (AvgIpc) is 3.02. The van der Waals surface area contributed by atoms with E-state index in [-0.39, 0.29) is 0 Å². The minimum Gasteiger partial charge on any atom is -0.312 e. The van der Waals surface area contributed by atoms with Gasteiger partial charge in [0, 0.05) is 13.1 Å². The van der Waals surface area contributed by atoms with Crippen LogP contribution in [0.4, 0.5) is 0 Å². The van der Waals surface area contributed by atoms with Gasteiger partial charge in [0.15, 0.2) is 0 Å². The highest BCUT2D eigenvalue weighted by atomic mass is 14.9. The first-order chi connectivity index (χ1) is 7.64. The van der Waals surface area contributed by atoms with Crippen LogP contribution >= 0.6 is 0 Å². The minimum absolute atomic E-state index is 0.614. The van der Waals surface area contributed by atoms with E-state index in [1.165, 1.54) is 30.5 Å². The molecule has 1 aromatic rings. The fourth-order valence-electron chi connectivity index (χ4n) is 2.37. The van der Waals surface area contributed by atoms with Crippen LogP contribution in [0.5, 0.6) is 0 Å². The van der Waals surface area contributed by atoms with Gasteiger partial charge in [0.2, 0.25) is 0 Å². The number of aryl methyl sites for hydroxylation is 1. The van der Waals surface area contributed by atoms with Crippen LogP contribution < -0.4 is 5.32 Å². The summed E-state index contributed by atoms with van der Waals surface area (Å²) in [4.78, 5) is 0. The van der Waals surface area contributed by atoms with E-state index in [0.717, 1.165) is 12.5 Å². The van der Waals surface area contributed by atoms with Gasteiger partial charge in [-0.15, -0.1) is 0 Å². The summed E-state index contributed by atoms with van der Waals surface area (Å²) in [7, 11) is 0. The van der Waals surface area contributed by atoms with Gasteiger partial charge in [-0.3, -0.25) is 0 Å². The Kier molecular flexibility index (Phi) is 3.34. The molecule has 0 aliphatic heterocycles. The predicted molar refractivity (Wildman–Crippen MR) is 69.4 cm³/mol. The molecule has 1 saturated carbocycles. The molecule has 0 heterocycles. The molecule has 0 aromatic heterocycles. The van der Waals surface area contributed by atoms with Gasteiger partial charge in [-0.05, 0) is 42.2 Å². The third kappa shape index (κ3) is 2.46. The fraction of sp³-hybridized carbons (Fsp3) is 0.600. The summed E-state index contributed by atoms with van der Waals surface area (Å²) in [6.45, 7) is 9.08. The van der Waals surface area contributed by atoms with Gasteiger partial charge < -0.3 is 5.32 Å². The molecule has 1 aliphatic rings. The molecule has 0 amide bonds. The summed E-state index contributed by atoms with van der Waals surface area (Å²) < 4.78 is 0. The van der Waals surface area contributed by atoms with Crippen molar-refractivity contribution < 1.29 is 0 Å². The lowest BCUT2D eigenvalue weighted by atomic mass is 9.92. The van der Waals surface area contributed by atoms with Crippen molar-refractivity contribution in [2.24, 2.45) is 11.3 Å². The van der Waals surface area contributed by atoms with Gasteiger partial charge in [0.25, 0.3) is 0 Å². The van der Waals surface area contributed by atoms with Crippen molar-refractivity contribution >= 4 is 0 Å². The van der Waals surface area contributed by atoms with Crippen molar-refractivity contribution in [1.82, 2.24) is 5.32 Å². The van der Waals surface area contributed by atoms with Crippen LogP contribution in [-0.4, -0.2) is 6.54 Å². The highest BCUT2D eigenvalue weighted by Crippen LogP contribution is 2.51. The van der Waals surface area contributed by atoms with Gasteiger partial charge in [-0.2, -0.15) is 0 Å². The van der Waals surface area contributed by atoms with E-state index < -0.39 is 0 Å². The first-order valence-corrected chi connectivity index (χ1v) is 6.39. The molecule has 1 fully saturated rings. The van der Waals surface area contributed by atoms with E-state index in [9.17, 15) is 0 Å². The van der Waals surface area contributed by atoms with Crippen molar-refractivity contribution in [2.45, 2.75) is 40.2 Å². The van der Waals surface area contributed by atoms with Crippen molar-refractivity contribution in [1.29, 1.82) is 0 Å². The Morgan fingerprint density at radius 2 is 1.94 bits per heavy atom. The van der Waals surface area contributed by atoms with E-state index in [1.54, 1.807) is 0 Å². The molecule has 16 heavy (non-hydrogen) atoms. The molecule has 0 atom stereocenters. The Hall–Kier alpha value is -0.820. The molecular weight excluding hydrogens is 194 g/mol. The Morgan fingerprint density at radius 3 is 2.50 bits per heavy atom. The summed E-state index contributed by atoms with van der Waals surface area (Å²) in [6.07, 6.45) is 2.82. The van der Waals surface area contributed by atoms with Gasteiger partial charge in [0.1, 0.15) is 0 Å². The number of nitrogens with one attached hydrogen (secondary N) is 1. The number of hydrogen-bond donors (Lipinski definition) is 1. The third-order valence-corrected chi connectivity index (χ3v) is 4.17. The van der Waals surface area contributed by atoms with Crippen LogP contribution in [0.15, 0.2) is 24.3 Å². The molecule has 0 saturated heterocycles. The monoisotopic (exact) mass is 217 g/mol. The van der Waals surface area contributed by atoms with Crippen LogP contribution in [0.1, 0.15) is 37.8 Å². The predicted octanol–water partition coefficient (Wildman–Crippen LogP) is 3.52. The molecule has 1 heteroatoms. The lowest BCUT2D eigenvalue weighted by molar-refractivity contribution is 0.337. The molecule has 1 aliphatic carbocycles. The summed E-state index contributed by atoms with van der Waals surface area (Å²) in [5, 5.41) is 3.63. The quantitative estimate of drug-likeness (QED) is 0.795. The second kappa shape index (κ2) is 4.58. The first kappa shape index (κ1) is 11.7. The second-order valence-corrected chi connectivity index (χ2v) is 5.55. The van der Waals surface area contributed by atoms with Crippen molar-refractivity contribution in [3.8, 4) is 0 Å². The average molecular weight is 217 g/mol. The summed E-state index contributed by atoms with van der Waals surface area (Å²) >= 11 is 0. The molecular formula is C15H23N. The minimum atomic E-state index is 0.614. The summed E-state index contributed by atoms with van der Waals surface area (Å²) in [5.41, 5.74) is 3.44. The van der Waals surface area contributed by atoms with Crippen molar-refractivity contribution in [2.75, 3.05) is 6.54 Å². The van der Waals surface area contributed by atoms with Gasteiger partial charge in [-0.1, -0.05) is 38.1 Å². The molecule has 1 N–H and O–H groups in total. The standard InChI is InChI=1S/C15H23N/c1-12(2)15(8-9-15)11-16-10-14-7-5-4-6-13(14)3/h4-7,12,16H,8-11H2,1-3H3. The molecule has 0 radical (unpaired) electrons. The van der Waals surface area contributed by atoms with Crippen LogP contribution in [-0.2, 0) is 6.54 Å². The molecule has 0 unspecified atom stereocenters. The highest BCUT2D eigenvalue weighted by Gasteiger charge is 2.44. The zero-order chi connectivity index (χ0) is 11.6. The van der Waals surface area contributed by atoms with Gasteiger partial charge in [0.05, 0.1) is 0 Å². The third-order valence-electron chi connectivity index (χ3n) is 4.17. The van der Waals surface area contributed by atoms with Crippen LogP contribution in [0.25, 0.3) is 0 Å². The largest absolute Gasteiger partial charge is 0.312 e. The zero-order valence-corrected chi connectivity index (χ0v) is 10.7. The Morgan fingerprint density at radius 1 is 1.25 bits per heavy atom. The molecule has 0 spiro atoms. The van der Waals surface area contributed by atoms with Gasteiger partial charge in [-0.25, -0.2) is 0 Å². The Labute approximate surface area is 99.3 Å². The van der Waals surface area contributed by atoms with Crippen LogP contribution in [0, 0.1) is 18.3 Å². The zero-order valence-electron chi connectivity index (χ0n) is 10.7. The fourth-order valence-corrected chi connectivity index (χ4v) is 2.37. The first-order valence-electron chi connectivity index (χ1n) is 6.39. The van der Waals surface area contributed by atoms with Crippen molar-refractivity contribution in [3.05, 3.63) is 35.4 Å². The van der Waals surface area contributed by atoms with E-state index in [0.29, 0.717) is 5.41 Å². The molecule has 88 valence electrons. The van der Waals surface area contributed by atoms with E-state index in [4.69, 9.17) is 0 Å². The molecule has 2 rings (SSSR count). The molecule has 0 bridgehead atoms. The normalized spacial score (nSPS) is 17.8. The van der Waals surface area contributed by atoms with E-state index >= 15 is 0 Å². The SMILES string of the molecule is Cc1ccccc1CNCC1(C(C)C)CC1. The summed E-state index contributed by atoms with van der Waals surface area (Å²) in [5.74, 6) is 0.817. The van der Waals surface area contributed by atoms with E-state index in [2.05, 4.69) is 50.4 Å². The number of rotatable bonds is 5. The highest BCUT2D eigenvalue weighted by molar-refractivity contribution is 5.25.